The van der Waals surface area contributed by atoms with Gasteiger partial charge in [0.05, 0.1) is 16.8 Å². The van der Waals surface area contributed by atoms with Crippen molar-refractivity contribution in [2.75, 3.05) is 19.0 Å². The Morgan fingerprint density at radius 1 is 1.00 bits per heavy atom. The van der Waals surface area contributed by atoms with Crippen LogP contribution in [0.1, 0.15) is 35.6 Å². The highest BCUT2D eigenvalue weighted by Gasteiger charge is 2.19. The van der Waals surface area contributed by atoms with Gasteiger partial charge in [-0.05, 0) is 96.0 Å². The lowest BCUT2D eigenvalue weighted by atomic mass is 9.91. The van der Waals surface area contributed by atoms with E-state index in [1.54, 1.807) is 11.3 Å². The number of hydrogen-bond donors (Lipinski definition) is 2. The first-order valence-electron chi connectivity index (χ1n) is 13.2. The summed E-state index contributed by atoms with van der Waals surface area (Å²) in [5.74, 6) is 1.03. The van der Waals surface area contributed by atoms with Crippen molar-refractivity contribution in [3.63, 3.8) is 0 Å². The van der Waals surface area contributed by atoms with Crippen LogP contribution in [-0.4, -0.2) is 24.9 Å². The summed E-state index contributed by atoms with van der Waals surface area (Å²) in [5, 5.41) is 12.0. The smallest absolute Gasteiger partial charge is 0.124 e. The van der Waals surface area contributed by atoms with E-state index in [4.69, 9.17) is 15.1 Å². The highest BCUT2D eigenvalue weighted by Crippen LogP contribution is 2.42. The monoisotopic (exact) mass is 517 g/mol. The van der Waals surface area contributed by atoms with Crippen LogP contribution in [0, 0.1) is 12.3 Å². The van der Waals surface area contributed by atoms with Crippen molar-refractivity contribution in [3.05, 3.63) is 89.0 Å². The number of benzene rings is 4. The van der Waals surface area contributed by atoms with Crippen molar-refractivity contribution in [2.45, 2.75) is 33.1 Å². The number of ether oxygens (including phenoxy) is 1. The van der Waals surface area contributed by atoms with Crippen LogP contribution in [0.25, 0.3) is 43.0 Å². The molecule has 0 bridgehead atoms. The fourth-order valence-corrected chi connectivity index (χ4v) is 6.69. The topological polar surface area (TPSA) is 58.0 Å². The zero-order valence-electron chi connectivity index (χ0n) is 22.0. The van der Waals surface area contributed by atoms with Crippen LogP contribution < -0.4 is 10.1 Å². The molecule has 0 radical (unpaired) electrons. The second-order valence-electron chi connectivity index (χ2n) is 9.82. The van der Waals surface area contributed by atoms with E-state index in [1.807, 2.05) is 13.1 Å². The van der Waals surface area contributed by atoms with E-state index in [-0.39, 0.29) is 0 Å². The first kappa shape index (κ1) is 24.4. The second kappa shape index (κ2) is 10.1. The van der Waals surface area contributed by atoms with E-state index in [9.17, 15) is 0 Å². The quantitative estimate of drug-likeness (QED) is 0.222. The van der Waals surface area contributed by atoms with Gasteiger partial charge in [-0.3, -0.25) is 0 Å². The molecule has 0 spiro atoms. The molecule has 0 saturated heterocycles. The molecule has 6 rings (SSSR count). The van der Waals surface area contributed by atoms with E-state index in [0.29, 0.717) is 0 Å². The molecule has 38 heavy (non-hydrogen) atoms. The maximum Gasteiger partial charge on any atom is 0.124 e. The van der Waals surface area contributed by atoms with E-state index in [0.717, 1.165) is 70.1 Å². The van der Waals surface area contributed by atoms with Gasteiger partial charge in [0.25, 0.3) is 0 Å². The lowest BCUT2D eigenvalue weighted by Crippen LogP contribution is -2.08. The van der Waals surface area contributed by atoms with Gasteiger partial charge >= 0.3 is 0 Å². The summed E-state index contributed by atoms with van der Waals surface area (Å²) in [4.78, 5) is 5.14. The van der Waals surface area contributed by atoms with Gasteiger partial charge < -0.3 is 15.5 Å². The lowest BCUT2D eigenvalue weighted by Gasteiger charge is -2.19. The minimum Gasteiger partial charge on any atom is -0.493 e. The molecular weight excluding hydrogens is 486 g/mol. The largest absolute Gasteiger partial charge is 0.493 e. The Balaban J connectivity index is 1.47. The number of aromatic nitrogens is 1. The number of thiazole rings is 1. The number of anilines is 1. The zero-order chi connectivity index (χ0) is 26.2. The molecule has 1 aliphatic rings. The molecule has 5 aromatic rings. The minimum atomic E-state index is 0.806. The Labute approximate surface area is 227 Å². The standard InChI is InChI=1S/C33H31N3OS/c1-4-27-20(2)15-29-32(31(27)24-11-13-30-23(18-24)9-6-14-37-30)38-33(36-29)25-8-5-7-21(16-25)22-10-12-28(35-3)26(17-22)19-34/h5,7-8,10-13,15-19,34-35H,4,6,9,14H2,1-3H3. The summed E-state index contributed by atoms with van der Waals surface area (Å²) in [7, 11) is 1.88. The van der Waals surface area contributed by atoms with Crippen LogP contribution in [0.3, 0.4) is 0 Å². The lowest BCUT2D eigenvalue weighted by molar-refractivity contribution is 0.288. The average Bonchev–Trinajstić information content (AvgIpc) is 3.39. The number of aryl methyl sites for hydroxylation is 2. The Morgan fingerprint density at radius 2 is 1.82 bits per heavy atom. The van der Waals surface area contributed by atoms with Gasteiger partial charge in [0, 0.05) is 35.6 Å². The van der Waals surface area contributed by atoms with Crippen molar-refractivity contribution < 1.29 is 4.74 Å². The Bertz CT molecular complexity index is 1680. The molecule has 5 heteroatoms. The number of fused-ring (bicyclic) bond motifs is 2. The van der Waals surface area contributed by atoms with Gasteiger partial charge in [0.1, 0.15) is 10.8 Å². The van der Waals surface area contributed by atoms with E-state index in [2.05, 4.69) is 79.8 Å². The summed E-state index contributed by atoms with van der Waals surface area (Å²) >= 11 is 1.78. The molecule has 0 saturated carbocycles. The molecule has 4 aromatic carbocycles. The Hall–Kier alpha value is -3.96. The molecule has 0 atom stereocenters. The van der Waals surface area contributed by atoms with Crippen molar-refractivity contribution in [1.82, 2.24) is 4.98 Å². The van der Waals surface area contributed by atoms with Crippen molar-refractivity contribution >= 4 is 33.5 Å². The van der Waals surface area contributed by atoms with Gasteiger partial charge in [-0.1, -0.05) is 37.3 Å². The first-order chi connectivity index (χ1) is 18.6. The molecule has 0 amide bonds. The van der Waals surface area contributed by atoms with Gasteiger partial charge in [0.15, 0.2) is 0 Å². The summed E-state index contributed by atoms with van der Waals surface area (Å²) in [5.41, 5.74) is 12.8. The molecule has 190 valence electrons. The minimum absolute atomic E-state index is 0.806. The van der Waals surface area contributed by atoms with E-state index >= 15 is 0 Å². The molecule has 2 N–H and O–H groups in total. The predicted octanol–water partition coefficient (Wildman–Crippen LogP) is 8.53. The molecule has 0 fully saturated rings. The Kier molecular flexibility index (Phi) is 6.46. The van der Waals surface area contributed by atoms with Crippen LogP contribution in [-0.2, 0) is 12.8 Å². The molecule has 0 aliphatic carbocycles. The van der Waals surface area contributed by atoms with Crippen molar-refractivity contribution in [3.8, 4) is 38.6 Å². The fourth-order valence-electron chi connectivity index (χ4n) is 5.56. The van der Waals surface area contributed by atoms with Crippen LogP contribution >= 0.6 is 11.3 Å². The number of nitrogens with one attached hydrogen (secondary N) is 2. The summed E-state index contributed by atoms with van der Waals surface area (Å²) in [6.07, 6.45) is 4.51. The molecule has 1 aromatic heterocycles. The van der Waals surface area contributed by atoms with Gasteiger partial charge in [-0.25, -0.2) is 4.98 Å². The van der Waals surface area contributed by atoms with Crippen molar-refractivity contribution in [1.29, 1.82) is 5.41 Å². The third-order valence-corrected chi connectivity index (χ3v) is 8.62. The van der Waals surface area contributed by atoms with Crippen molar-refractivity contribution in [2.24, 2.45) is 0 Å². The average molecular weight is 518 g/mol. The highest BCUT2D eigenvalue weighted by atomic mass is 32.1. The maximum absolute atomic E-state index is 7.80. The summed E-state index contributed by atoms with van der Waals surface area (Å²) in [6.45, 7) is 5.26. The fraction of sp³-hybridized carbons (Fsp3) is 0.212. The highest BCUT2D eigenvalue weighted by molar-refractivity contribution is 7.22. The van der Waals surface area contributed by atoms with Crippen LogP contribution in [0.15, 0.2) is 66.7 Å². The summed E-state index contributed by atoms with van der Waals surface area (Å²) < 4.78 is 7.14. The molecule has 1 aliphatic heterocycles. The second-order valence-corrected chi connectivity index (χ2v) is 10.8. The van der Waals surface area contributed by atoms with Gasteiger partial charge in [-0.15, -0.1) is 11.3 Å². The first-order valence-corrected chi connectivity index (χ1v) is 14.0. The predicted molar refractivity (Wildman–Crippen MR) is 161 cm³/mol. The van der Waals surface area contributed by atoms with Crippen LogP contribution in [0.5, 0.6) is 5.75 Å². The van der Waals surface area contributed by atoms with Crippen LogP contribution in [0.2, 0.25) is 0 Å². The van der Waals surface area contributed by atoms with E-state index < -0.39 is 0 Å². The number of hydrogen-bond acceptors (Lipinski definition) is 5. The number of nitrogens with zero attached hydrogens (tertiary/aromatic N) is 1. The Morgan fingerprint density at radius 3 is 2.63 bits per heavy atom. The van der Waals surface area contributed by atoms with E-state index in [1.165, 1.54) is 38.7 Å². The molecular formula is C33H31N3OS. The number of rotatable bonds is 6. The maximum atomic E-state index is 7.80. The molecule has 0 unspecified atom stereocenters. The SMILES string of the molecule is CCc1c(C)cc2nc(-c3cccc(-c4ccc(NC)c(C=N)c4)c3)sc2c1-c1ccc2c(c1)CCCO2. The van der Waals surface area contributed by atoms with Crippen LogP contribution in [0.4, 0.5) is 5.69 Å². The third-order valence-electron chi connectivity index (χ3n) is 7.48. The zero-order valence-corrected chi connectivity index (χ0v) is 22.8. The van der Waals surface area contributed by atoms with Gasteiger partial charge in [0.2, 0.25) is 0 Å². The summed E-state index contributed by atoms with van der Waals surface area (Å²) in [6, 6.07) is 23.7. The molecule has 4 nitrogen and oxygen atoms in total. The third kappa shape index (κ3) is 4.27. The normalized spacial score (nSPS) is 12.7. The molecule has 2 heterocycles. The van der Waals surface area contributed by atoms with Gasteiger partial charge in [-0.2, -0.15) is 0 Å².